The van der Waals surface area contributed by atoms with Crippen molar-refractivity contribution in [1.29, 1.82) is 0 Å². The number of aliphatic carboxylic acids is 1. The van der Waals surface area contributed by atoms with Crippen LogP contribution in [0, 0.1) is 0 Å². The predicted octanol–water partition coefficient (Wildman–Crippen LogP) is 2.81. The largest absolute Gasteiger partial charge is 0.494 e. The lowest BCUT2D eigenvalue weighted by atomic mass is 10.1. The van der Waals surface area contributed by atoms with Crippen molar-refractivity contribution < 1.29 is 24.2 Å². The summed E-state index contributed by atoms with van der Waals surface area (Å²) in [6.07, 6.45) is 2.96. The van der Waals surface area contributed by atoms with Crippen LogP contribution < -0.4 is 15.5 Å². The molecule has 0 aliphatic heterocycles. The summed E-state index contributed by atoms with van der Waals surface area (Å²) in [6, 6.07) is 16.8. The van der Waals surface area contributed by atoms with Gasteiger partial charge in [0.05, 0.1) is 18.9 Å². The second kappa shape index (κ2) is 14.0. The third kappa shape index (κ3) is 9.74. The van der Waals surface area contributed by atoms with Crippen LogP contribution >= 0.6 is 11.8 Å². The molecule has 0 aliphatic rings. The molecule has 9 heteroatoms. The molecule has 2 amide bonds. The van der Waals surface area contributed by atoms with E-state index in [1.54, 1.807) is 24.3 Å². The van der Waals surface area contributed by atoms with E-state index in [1.807, 2.05) is 36.6 Å². The molecule has 0 heterocycles. The zero-order valence-electron chi connectivity index (χ0n) is 18.1. The number of carboxylic acid groups (broad SMARTS) is 1. The molecule has 0 bridgehead atoms. The molecule has 2 rings (SSSR count). The van der Waals surface area contributed by atoms with Crippen molar-refractivity contribution in [3.63, 3.8) is 0 Å². The quantitative estimate of drug-likeness (QED) is 0.312. The molecule has 0 atom stereocenters. The highest BCUT2D eigenvalue weighted by Crippen LogP contribution is 2.16. The highest BCUT2D eigenvalue weighted by atomic mass is 32.2. The first-order valence-electron chi connectivity index (χ1n) is 10.3. The van der Waals surface area contributed by atoms with Gasteiger partial charge in [-0.1, -0.05) is 30.3 Å². The van der Waals surface area contributed by atoms with Crippen LogP contribution in [-0.2, 0) is 20.8 Å². The van der Waals surface area contributed by atoms with Gasteiger partial charge < -0.3 is 15.2 Å². The first kappa shape index (κ1) is 25.1. The molecule has 0 aliphatic carbocycles. The monoisotopic (exact) mass is 459 g/mol. The van der Waals surface area contributed by atoms with Gasteiger partial charge in [0.25, 0.3) is 5.91 Å². The highest BCUT2D eigenvalue weighted by Gasteiger charge is 2.16. The Morgan fingerprint density at radius 3 is 2.44 bits per heavy atom. The van der Waals surface area contributed by atoms with Crippen LogP contribution in [-0.4, -0.2) is 59.6 Å². The van der Waals surface area contributed by atoms with Gasteiger partial charge >= 0.3 is 5.97 Å². The van der Waals surface area contributed by atoms with Gasteiger partial charge in [0.2, 0.25) is 5.91 Å². The summed E-state index contributed by atoms with van der Waals surface area (Å²) in [5, 5.41) is 13.1. The Kier molecular flexibility index (Phi) is 10.9. The van der Waals surface area contributed by atoms with Crippen molar-refractivity contribution in [1.82, 2.24) is 10.4 Å². The Bertz CT molecular complexity index is 862. The molecular weight excluding hydrogens is 430 g/mol. The number of hydrazine groups is 1. The zero-order chi connectivity index (χ0) is 23.2. The van der Waals surface area contributed by atoms with Crippen molar-refractivity contribution in [3.8, 4) is 5.75 Å². The summed E-state index contributed by atoms with van der Waals surface area (Å²) in [5.74, 6) is -0.412. The average molecular weight is 460 g/mol. The number of carboxylic acids is 1. The number of benzene rings is 2. The van der Waals surface area contributed by atoms with E-state index in [0.29, 0.717) is 31.7 Å². The number of thioether (sulfide) groups is 1. The van der Waals surface area contributed by atoms with Crippen LogP contribution in [0.15, 0.2) is 54.6 Å². The molecule has 0 saturated carbocycles. The third-order valence-electron chi connectivity index (χ3n) is 4.40. The number of nitrogens with one attached hydrogen (secondary N) is 2. The van der Waals surface area contributed by atoms with Gasteiger partial charge in [-0.2, -0.15) is 11.8 Å². The Hall–Kier alpha value is -3.20. The second-order valence-electron chi connectivity index (χ2n) is 6.97. The number of hydrogen-bond acceptors (Lipinski definition) is 6. The second-order valence-corrected chi connectivity index (χ2v) is 7.84. The molecule has 172 valence electrons. The van der Waals surface area contributed by atoms with Gasteiger partial charge in [0, 0.05) is 18.7 Å². The van der Waals surface area contributed by atoms with Gasteiger partial charge in [-0.05, 0) is 48.9 Å². The molecule has 3 N–H and O–H groups in total. The van der Waals surface area contributed by atoms with Crippen LogP contribution in [0.3, 0.4) is 0 Å². The first-order valence-corrected chi connectivity index (χ1v) is 11.7. The molecule has 0 spiro atoms. The lowest BCUT2D eigenvalue weighted by molar-refractivity contribution is -0.139. The highest BCUT2D eigenvalue weighted by molar-refractivity contribution is 7.99. The van der Waals surface area contributed by atoms with Crippen molar-refractivity contribution in [2.75, 3.05) is 37.0 Å². The molecular formula is C23H29N3O5S. The molecule has 0 radical (unpaired) electrons. The van der Waals surface area contributed by atoms with Crippen molar-refractivity contribution >= 4 is 35.2 Å². The van der Waals surface area contributed by atoms with Crippen LogP contribution in [0.1, 0.15) is 18.4 Å². The third-order valence-corrected chi connectivity index (χ3v) is 4.96. The fraction of sp³-hybridized carbons (Fsp3) is 0.348. The lowest BCUT2D eigenvalue weighted by Crippen LogP contribution is -2.49. The fourth-order valence-electron chi connectivity index (χ4n) is 2.80. The average Bonchev–Trinajstić information content (AvgIpc) is 2.79. The Morgan fingerprint density at radius 1 is 1.06 bits per heavy atom. The summed E-state index contributed by atoms with van der Waals surface area (Å²) in [7, 11) is 0. The van der Waals surface area contributed by atoms with Gasteiger partial charge in [0.1, 0.15) is 5.75 Å². The summed E-state index contributed by atoms with van der Waals surface area (Å²) in [5.41, 5.74) is 4.50. The van der Waals surface area contributed by atoms with Gasteiger partial charge in [-0.15, -0.1) is 0 Å². The molecule has 2 aromatic carbocycles. The number of carbonyl (C=O) groups excluding carboxylic acids is 2. The van der Waals surface area contributed by atoms with Gasteiger partial charge in [-0.25, -0.2) is 0 Å². The van der Waals surface area contributed by atoms with Gasteiger partial charge in [-0.3, -0.25) is 24.8 Å². The first-order chi connectivity index (χ1) is 15.5. The van der Waals surface area contributed by atoms with E-state index in [-0.39, 0.29) is 30.5 Å². The predicted molar refractivity (Wildman–Crippen MR) is 126 cm³/mol. The minimum absolute atomic E-state index is 0.0210. The molecule has 32 heavy (non-hydrogen) atoms. The molecule has 0 aromatic heterocycles. The SMILES string of the molecule is CSCC(=O)NN(CCc1ccccc1)C(=O)CNc1ccc(OCCCC(=O)O)cc1. The molecule has 8 nitrogen and oxygen atoms in total. The Labute approximate surface area is 192 Å². The minimum atomic E-state index is -0.847. The van der Waals surface area contributed by atoms with Crippen LogP contribution in [0.4, 0.5) is 5.69 Å². The van der Waals surface area contributed by atoms with E-state index in [0.717, 1.165) is 11.3 Å². The van der Waals surface area contributed by atoms with E-state index in [2.05, 4.69) is 10.7 Å². The Balaban J connectivity index is 1.86. The lowest BCUT2D eigenvalue weighted by Gasteiger charge is -2.24. The van der Waals surface area contributed by atoms with Crippen LogP contribution in [0.5, 0.6) is 5.75 Å². The summed E-state index contributed by atoms with van der Waals surface area (Å²) < 4.78 is 5.50. The zero-order valence-corrected chi connectivity index (χ0v) is 18.9. The topological polar surface area (TPSA) is 108 Å². The fourth-order valence-corrected chi connectivity index (χ4v) is 3.12. The summed E-state index contributed by atoms with van der Waals surface area (Å²) in [4.78, 5) is 35.3. The number of hydrogen-bond donors (Lipinski definition) is 3. The maximum Gasteiger partial charge on any atom is 0.303 e. The number of rotatable bonds is 13. The van der Waals surface area contributed by atoms with Crippen LogP contribution in [0.25, 0.3) is 0 Å². The van der Waals surface area contributed by atoms with Crippen molar-refractivity contribution in [2.45, 2.75) is 19.3 Å². The van der Waals surface area contributed by atoms with E-state index >= 15 is 0 Å². The minimum Gasteiger partial charge on any atom is -0.494 e. The summed E-state index contributed by atoms with van der Waals surface area (Å²) in [6.45, 7) is 0.713. The molecule has 0 saturated heterocycles. The molecule has 2 aromatic rings. The number of ether oxygens (including phenoxy) is 1. The number of amides is 2. The van der Waals surface area contributed by atoms with E-state index in [4.69, 9.17) is 9.84 Å². The molecule has 0 fully saturated rings. The van der Waals surface area contributed by atoms with Crippen molar-refractivity contribution in [2.24, 2.45) is 0 Å². The van der Waals surface area contributed by atoms with Crippen LogP contribution in [0.2, 0.25) is 0 Å². The standard InChI is InChI=1S/C23H29N3O5S/c1-32-17-21(27)25-26(14-13-18-6-3-2-4-7-18)22(28)16-24-19-9-11-20(12-10-19)31-15-5-8-23(29)30/h2-4,6-7,9-12,24H,5,8,13-17H2,1H3,(H,25,27)(H,29,30). The van der Waals surface area contributed by atoms with E-state index in [1.165, 1.54) is 16.8 Å². The number of anilines is 1. The Morgan fingerprint density at radius 2 is 1.78 bits per heavy atom. The summed E-state index contributed by atoms with van der Waals surface area (Å²) >= 11 is 1.39. The molecule has 0 unspecified atom stereocenters. The number of nitrogens with zero attached hydrogens (tertiary/aromatic N) is 1. The van der Waals surface area contributed by atoms with Crippen molar-refractivity contribution in [3.05, 3.63) is 60.2 Å². The van der Waals surface area contributed by atoms with Gasteiger partial charge in [0.15, 0.2) is 0 Å². The smallest absolute Gasteiger partial charge is 0.303 e. The normalized spacial score (nSPS) is 10.3. The van der Waals surface area contributed by atoms with E-state index in [9.17, 15) is 14.4 Å². The maximum absolute atomic E-state index is 12.7. The number of carbonyl (C=O) groups is 3. The maximum atomic E-state index is 12.7. The van der Waals surface area contributed by atoms with E-state index < -0.39 is 5.97 Å².